The predicted octanol–water partition coefficient (Wildman–Crippen LogP) is 1.92. The smallest absolute Gasteiger partial charge is 0.340 e. The highest BCUT2D eigenvalue weighted by Crippen LogP contribution is 2.57. The van der Waals surface area contributed by atoms with Crippen LogP contribution in [0.3, 0.4) is 0 Å². The zero-order valence-electron chi connectivity index (χ0n) is 17.1. The third kappa shape index (κ3) is 2.43. The molecule has 1 amide bonds. The Labute approximate surface area is 174 Å². The quantitative estimate of drug-likeness (QED) is 0.595. The number of rotatable bonds is 2. The Bertz CT molecular complexity index is 1100. The Morgan fingerprint density at radius 2 is 2.00 bits per heavy atom. The Balaban J connectivity index is 2.12. The van der Waals surface area contributed by atoms with Crippen LogP contribution in [0.4, 0.5) is 5.69 Å². The van der Waals surface area contributed by atoms with Crippen LogP contribution in [-0.2, 0) is 29.3 Å². The average Bonchev–Trinajstić information content (AvgIpc) is 2.90. The molecule has 0 bridgehead atoms. The molecule has 30 heavy (non-hydrogen) atoms. The van der Waals surface area contributed by atoms with Crippen LogP contribution in [0.25, 0.3) is 0 Å². The molecule has 0 radical (unpaired) electrons. The van der Waals surface area contributed by atoms with Gasteiger partial charge in [-0.3, -0.25) is 14.5 Å². The van der Waals surface area contributed by atoms with Crippen molar-refractivity contribution in [2.24, 2.45) is 11.1 Å². The van der Waals surface area contributed by atoms with Crippen LogP contribution in [0.5, 0.6) is 0 Å². The molecule has 0 fully saturated rings. The molecule has 1 aliphatic carbocycles. The first-order chi connectivity index (χ1) is 14.2. The number of esters is 1. The first-order valence-electron chi connectivity index (χ1n) is 9.57. The highest BCUT2D eigenvalue weighted by Gasteiger charge is 2.64. The molecule has 1 aromatic rings. The van der Waals surface area contributed by atoms with Gasteiger partial charge in [0.05, 0.1) is 19.2 Å². The van der Waals surface area contributed by atoms with Gasteiger partial charge >= 0.3 is 5.97 Å². The molecule has 2 N–H and O–H groups in total. The number of nitrogens with zero attached hydrogens (tertiary/aromatic N) is 1. The summed E-state index contributed by atoms with van der Waals surface area (Å²) >= 11 is 0. The second-order valence-electron chi connectivity index (χ2n) is 8.43. The van der Waals surface area contributed by atoms with Gasteiger partial charge in [0.1, 0.15) is 16.7 Å². The van der Waals surface area contributed by atoms with Gasteiger partial charge in [-0.25, -0.2) is 4.79 Å². The van der Waals surface area contributed by atoms with Crippen molar-refractivity contribution in [3.63, 3.8) is 0 Å². The summed E-state index contributed by atoms with van der Waals surface area (Å²) in [4.78, 5) is 41.7. The predicted molar refractivity (Wildman–Crippen MR) is 109 cm³/mol. The van der Waals surface area contributed by atoms with Gasteiger partial charge in [0, 0.05) is 24.1 Å². The van der Waals surface area contributed by atoms with Crippen molar-refractivity contribution in [2.45, 2.75) is 32.1 Å². The summed E-state index contributed by atoms with van der Waals surface area (Å²) in [6.07, 6.45) is 6.12. The number of amides is 1. The van der Waals surface area contributed by atoms with Crippen LogP contribution in [0.2, 0.25) is 0 Å². The van der Waals surface area contributed by atoms with Crippen LogP contribution in [-0.4, -0.2) is 31.3 Å². The van der Waals surface area contributed by atoms with Gasteiger partial charge in [-0.05, 0) is 11.5 Å². The van der Waals surface area contributed by atoms with Gasteiger partial charge < -0.3 is 15.2 Å². The third-order valence-corrected chi connectivity index (χ3v) is 5.87. The summed E-state index contributed by atoms with van der Waals surface area (Å²) in [5.41, 5.74) is 5.03. The van der Waals surface area contributed by atoms with Gasteiger partial charge in [-0.1, -0.05) is 38.0 Å². The number of carbonyl (C=O) groups excluding carboxylic acids is 3. The zero-order chi connectivity index (χ0) is 21.8. The lowest BCUT2D eigenvalue weighted by Crippen LogP contribution is -2.52. The molecule has 0 saturated heterocycles. The molecule has 0 aromatic heterocycles. The van der Waals surface area contributed by atoms with Crippen LogP contribution in [0, 0.1) is 17.8 Å². The van der Waals surface area contributed by atoms with Crippen LogP contribution in [0.1, 0.15) is 32.3 Å². The summed E-state index contributed by atoms with van der Waals surface area (Å²) in [6.45, 7) is 3.86. The van der Waals surface area contributed by atoms with Gasteiger partial charge in [0.2, 0.25) is 11.8 Å². The molecular weight excluding hydrogens is 384 g/mol. The molecular formula is C23H22N2O5. The number of fused-ring (bicyclic) bond motifs is 3. The number of para-hydroxylation sites is 1. The van der Waals surface area contributed by atoms with Crippen molar-refractivity contribution >= 4 is 23.3 Å². The number of carbonyl (C=O) groups is 3. The lowest BCUT2D eigenvalue weighted by atomic mass is 9.62. The minimum Gasteiger partial charge on any atom is -0.465 e. The number of terminal acetylenes is 1. The second-order valence-corrected chi connectivity index (χ2v) is 8.43. The van der Waals surface area contributed by atoms with E-state index in [1.807, 2.05) is 13.8 Å². The minimum absolute atomic E-state index is 0.0187. The molecule has 7 heteroatoms. The topological polar surface area (TPSA) is 98.9 Å². The van der Waals surface area contributed by atoms with E-state index in [0.717, 1.165) is 0 Å². The highest BCUT2D eigenvalue weighted by atomic mass is 16.5. The molecule has 0 unspecified atom stereocenters. The SMILES string of the molecule is C#CCN1C(=O)[C@]2(C(C(=O)OC)=C(N)OC3=C2C(=O)CC(C)(C)C3)c2ccccc21. The van der Waals surface area contributed by atoms with Crippen molar-refractivity contribution < 1.29 is 23.9 Å². The molecule has 2 aliphatic heterocycles. The van der Waals surface area contributed by atoms with Gasteiger partial charge in [0.15, 0.2) is 5.78 Å². The number of Topliss-reactive ketones (excluding diaryl/α,β-unsaturated/α-hetero) is 1. The number of methoxy groups -OCH3 is 1. The van der Waals surface area contributed by atoms with Crippen molar-refractivity contribution in [1.29, 1.82) is 0 Å². The number of ether oxygens (including phenoxy) is 2. The fourth-order valence-electron chi connectivity index (χ4n) is 4.80. The normalized spacial score (nSPS) is 24.4. The third-order valence-electron chi connectivity index (χ3n) is 5.87. The molecule has 1 spiro atoms. The van der Waals surface area contributed by atoms with E-state index in [4.69, 9.17) is 21.6 Å². The molecule has 7 nitrogen and oxygen atoms in total. The van der Waals surface area contributed by atoms with E-state index >= 15 is 0 Å². The Morgan fingerprint density at radius 3 is 2.67 bits per heavy atom. The van der Waals surface area contributed by atoms with Crippen molar-refractivity contribution in [1.82, 2.24) is 0 Å². The summed E-state index contributed by atoms with van der Waals surface area (Å²) < 4.78 is 10.7. The Kier molecular flexibility index (Phi) is 4.28. The summed E-state index contributed by atoms with van der Waals surface area (Å²) in [5, 5.41) is 0. The second kappa shape index (κ2) is 6.49. The number of hydrogen-bond acceptors (Lipinski definition) is 6. The molecule has 0 saturated carbocycles. The Morgan fingerprint density at radius 1 is 1.30 bits per heavy atom. The summed E-state index contributed by atoms with van der Waals surface area (Å²) in [5.74, 6) is 0.951. The lowest BCUT2D eigenvalue weighted by molar-refractivity contribution is -0.139. The lowest BCUT2D eigenvalue weighted by Gasteiger charge is -2.42. The number of hydrogen-bond donors (Lipinski definition) is 1. The molecule has 3 aliphatic rings. The van der Waals surface area contributed by atoms with Gasteiger partial charge in [0.25, 0.3) is 0 Å². The number of allylic oxidation sites excluding steroid dienone is 1. The van der Waals surface area contributed by atoms with Gasteiger partial charge in [-0.15, -0.1) is 6.42 Å². The number of benzene rings is 1. The zero-order valence-corrected chi connectivity index (χ0v) is 17.1. The van der Waals surface area contributed by atoms with Gasteiger partial charge in [-0.2, -0.15) is 0 Å². The molecule has 2 heterocycles. The maximum atomic E-state index is 14.0. The van der Waals surface area contributed by atoms with Crippen molar-refractivity contribution in [3.8, 4) is 12.3 Å². The molecule has 154 valence electrons. The largest absolute Gasteiger partial charge is 0.465 e. The first kappa shape index (κ1) is 19.8. The van der Waals surface area contributed by atoms with E-state index in [2.05, 4.69) is 5.92 Å². The molecule has 1 atom stereocenters. The van der Waals surface area contributed by atoms with E-state index < -0.39 is 17.3 Å². The van der Waals surface area contributed by atoms with Crippen LogP contribution in [0.15, 0.2) is 47.1 Å². The fraction of sp³-hybridized carbons (Fsp3) is 0.348. The molecule has 1 aromatic carbocycles. The summed E-state index contributed by atoms with van der Waals surface area (Å²) in [7, 11) is 1.19. The van der Waals surface area contributed by atoms with Crippen molar-refractivity contribution in [3.05, 3.63) is 52.6 Å². The monoisotopic (exact) mass is 406 g/mol. The van der Waals surface area contributed by atoms with E-state index in [1.165, 1.54) is 12.0 Å². The summed E-state index contributed by atoms with van der Waals surface area (Å²) in [6, 6.07) is 6.95. The first-order valence-corrected chi connectivity index (χ1v) is 9.57. The number of anilines is 1. The van der Waals surface area contributed by atoms with Crippen LogP contribution >= 0.6 is 0 Å². The van der Waals surface area contributed by atoms with E-state index in [1.54, 1.807) is 24.3 Å². The highest BCUT2D eigenvalue weighted by molar-refractivity contribution is 6.23. The van der Waals surface area contributed by atoms with E-state index in [9.17, 15) is 14.4 Å². The maximum Gasteiger partial charge on any atom is 0.340 e. The minimum atomic E-state index is -1.74. The average molecular weight is 406 g/mol. The number of nitrogens with two attached hydrogens (primary N) is 1. The van der Waals surface area contributed by atoms with Crippen molar-refractivity contribution in [2.75, 3.05) is 18.6 Å². The molecule has 4 rings (SSSR count). The standard InChI is InChI=1S/C23H22N2O5/c1-5-10-25-14-9-7-6-8-13(14)23(21(25)28)17-15(26)11-22(2,3)12-16(17)30-19(24)18(23)20(27)29-4/h1,6-9H,10-12,24H2,2-4H3/t23-/m1/s1. The fourth-order valence-corrected chi connectivity index (χ4v) is 4.80. The maximum absolute atomic E-state index is 14.0. The Hall–Kier alpha value is -3.53. The van der Waals surface area contributed by atoms with Crippen LogP contribution < -0.4 is 10.6 Å². The van der Waals surface area contributed by atoms with E-state index in [-0.39, 0.29) is 41.2 Å². The number of ketones is 1. The van der Waals surface area contributed by atoms with E-state index in [0.29, 0.717) is 23.4 Å².